The SMILES string of the molecule is COc1ccc(C(N)=S)c(NCC2CCCC2)c1. The van der Waals surface area contributed by atoms with E-state index >= 15 is 0 Å². The van der Waals surface area contributed by atoms with E-state index < -0.39 is 0 Å². The van der Waals surface area contributed by atoms with Crippen LogP contribution < -0.4 is 15.8 Å². The van der Waals surface area contributed by atoms with Gasteiger partial charge in [-0.2, -0.15) is 0 Å². The Kier molecular flexibility index (Phi) is 4.42. The number of benzene rings is 1. The van der Waals surface area contributed by atoms with Crippen LogP contribution in [0, 0.1) is 5.92 Å². The average Bonchev–Trinajstić information content (AvgIpc) is 2.88. The van der Waals surface area contributed by atoms with Crippen molar-refractivity contribution < 1.29 is 4.74 Å². The van der Waals surface area contributed by atoms with Gasteiger partial charge in [0.1, 0.15) is 10.7 Å². The number of anilines is 1. The van der Waals surface area contributed by atoms with Gasteiger partial charge in [0, 0.05) is 23.9 Å². The first kappa shape index (κ1) is 13.1. The molecule has 3 N–H and O–H groups in total. The van der Waals surface area contributed by atoms with Crippen LogP contribution in [0.2, 0.25) is 0 Å². The second-order valence-corrected chi connectivity index (χ2v) is 5.25. The first-order valence-corrected chi connectivity index (χ1v) is 6.83. The first-order valence-electron chi connectivity index (χ1n) is 6.42. The maximum Gasteiger partial charge on any atom is 0.120 e. The molecule has 0 aliphatic heterocycles. The Bertz CT molecular complexity index is 428. The van der Waals surface area contributed by atoms with Crippen molar-refractivity contribution in [3.63, 3.8) is 0 Å². The number of nitrogens with two attached hydrogens (primary N) is 1. The molecule has 1 aromatic carbocycles. The number of methoxy groups -OCH3 is 1. The van der Waals surface area contributed by atoms with Gasteiger partial charge in [-0.3, -0.25) is 0 Å². The highest BCUT2D eigenvalue weighted by Crippen LogP contribution is 2.27. The lowest BCUT2D eigenvalue weighted by Gasteiger charge is -2.15. The number of rotatable bonds is 5. The van der Waals surface area contributed by atoms with Gasteiger partial charge in [0.25, 0.3) is 0 Å². The molecule has 1 saturated carbocycles. The highest BCUT2D eigenvalue weighted by Gasteiger charge is 2.15. The first-order chi connectivity index (χ1) is 8.70. The molecule has 0 atom stereocenters. The van der Waals surface area contributed by atoms with Crippen molar-refractivity contribution in [1.29, 1.82) is 0 Å². The van der Waals surface area contributed by atoms with E-state index in [4.69, 9.17) is 22.7 Å². The number of thiocarbonyl (C=S) groups is 1. The average molecular weight is 264 g/mol. The zero-order valence-electron chi connectivity index (χ0n) is 10.7. The Morgan fingerprint density at radius 2 is 2.17 bits per heavy atom. The van der Waals surface area contributed by atoms with Crippen molar-refractivity contribution in [3.8, 4) is 5.75 Å². The summed E-state index contributed by atoms with van der Waals surface area (Å²) in [5.74, 6) is 1.60. The molecule has 0 unspecified atom stereocenters. The minimum Gasteiger partial charge on any atom is -0.497 e. The normalized spacial score (nSPS) is 15.6. The van der Waals surface area contributed by atoms with Crippen LogP contribution in [0.15, 0.2) is 18.2 Å². The molecule has 1 fully saturated rings. The van der Waals surface area contributed by atoms with E-state index in [1.165, 1.54) is 25.7 Å². The van der Waals surface area contributed by atoms with Crippen LogP contribution in [0.4, 0.5) is 5.69 Å². The van der Waals surface area contributed by atoms with Gasteiger partial charge in [-0.25, -0.2) is 0 Å². The minimum absolute atomic E-state index is 0.423. The lowest BCUT2D eigenvalue weighted by atomic mass is 10.1. The monoisotopic (exact) mass is 264 g/mol. The Morgan fingerprint density at radius 3 is 2.78 bits per heavy atom. The van der Waals surface area contributed by atoms with Crippen LogP contribution in [0.1, 0.15) is 31.2 Å². The molecular weight excluding hydrogens is 244 g/mol. The standard InChI is InChI=1S/C14H20N2OS/c1-17-11-6-7-12(14(15)18)13(8-11)16-9-10-4-2-3-5-10/h6-8,10,16H,2-5,9H2,1H3,(H2,15,18). The van der Waals surface area contributed by atoms with E-state index in [2.05, 4.69) is 5.32 Å². The number of hydrogen-bond donors (Lipinski definition) is 2. The fourth-order valence-electron chi connectivity index (χ4n) is 2.48. The second-order valence-electron chi connectivity index (χ2n) is 4.81. The highest BCUT2D eigenvalue weighted by atomic mass is 32.1. The highest BCUT2D eigenvalue weighted by molar-refractivity contribution is 7.80. The fourth-order valence-corrected chi connectivity index (χ4v) is 2.66. The Hall–Kier alpha value is -1.29. The molecular formula is C14H20N2OS. The van der Waals surface area contributed by atoms with Crippen molar-refractivity contribution in [1.82, 2.24) is 0 Å². The Labute approximate surface area is 114 Å². The third-order valence-corrected chi connectivity index (χ3v) is 3.77. The molecule has 2 rings (SSSR count). The summed E-state index contributed by atoms with van der Waals surface area (Å²) < 4.78 is 5.24. The van der Waals surface area contributed by atoms with Crippen LogP contribution in [0.25, 0.3) is 0 Å². The molecule has 0 spiro atoms. The topological polar surface area (TPSA) is 47.3 Å². The largest absolute Gasteiger partial charge is 0.497 e. The maximum atomic E-state index is 5.74. The summed E-state index contributed by atoms with van der Waals surface area (Å²) in [4.78, 5) is 0.423. The molecule has 0 heterocycles. The summed E-state index contributed by atoms with van der Waals surface area (Å²) in [6.45, 7) is 0.989. The molecule has 0 radical (unpaired) electrons. The van der Waals surface area contributed by atoms with Crippen LogP contribution in [-0.4, -0.2) is 18.6 Å². The summed E-state index contributed by atoms with van der Waals surface area (Å²) >= 11 is 5.08. The summed E-state index contributed by atoms with van der Waals surface area (Å²) in [7, 11) is 1.66. The van der Waals surface area contributed by atoms with E-state index in [1.54, 1.807) is 7.11 Å². The van der Waals surface area contributed by atoms with Crippen LogP contribution in [0.3, 0.4) is 0 Å². The summed E-state index contributed by atoms with van der Waals surface area (Å²) in [5.41, 5.74) is 7.61. The molecule has 0 saturated heterocycles. The van der Waals surface area contributed by atoms with Crippen molar-refractivity contribution >= 4 is 22.9 Å². The molecule has 1 aromatic rings. The lowest BCUT2D eigenvalue weighted by Crippen LogP contribution is -2.16. The molecule has 0 bridgehead atoms. The summed E-state index contributed by atoms with van der Waals surface area (Å²) in [5, 5.41) is 3.46. The minimum atomic E-state index is 0.423. The smallest absolute Gasteiger partial charge is 0.120 e. The van der Waals surface area contributed by atoms with E-state index in [0.29, 0.717) is 4.99 Å². The van der Waals surface area contributed by atoms with Gasteiger partial charge >= 0.3 is 0 Å². The van der Waals surface area contributed by atoms with Crippen LogP contribution in [-0.2, 0) is 0 Å². The molecule has 4 heteroatoms. The summed E-state index contributed by atoms with van der Waals surface area (Å²) in [6, 6.07) is 5.76. The number of hydrogen-bond acceptors (Lipinski definition) is 3. The van der Waals surface area contributed by atoms with Gasteiger partial charge in [0.2, 0.25) is 0 Å². The van der Waals surface area contributed by atoms with Gasteiger partial charge in [0.15, 0.2) is 0 Å². The van der Waals surface area contributed by atoms with Crippen molar-refractivity contribution in [3.05, 3.63) is 23.8 Å². The lowest BCUT2D eigenvalue weighted by molar-refractivity contribution is 0.415. The molecule has 98 valence electrons. The quantitative estimate of drug-likeness (QED) is 0.803. The fraction of sp³-hybridized carbons (Fsp3) is 0.500. The van der Waals surface area contributed by atoms with Crippen LogP contribution >= 0.6 is 12.2 Å². The molecule has 0 amide bonds. The van der Waals surface area contributed by atoms with Gasteiger partial charge in [-0.05, 0) is 30.9 Å². The van der Waals surface area contributed by atoms with Crippen molar-refractivity contribution in [2.75, 3.05) is 19.0 Å². The zero-order valence-corrected chi connectivity index (χ0v) is 11.6. The molecule has 0 aromatic heterocycles. The van der Waals surface area contributed by atoms with E-state index in [9.17, 15) is 0 Å². The number of nitrogens with one attached hydrogen (secondary N) is 1. The molecule has 1 aliphatic rings. The molecule has 3 nitrogen and oxygen atoms in total. The molecule has 18 heavy (non-hydrogen) atoms. The van der Waals surface area contributed by atoms with E-state index in [1.807, 2.05) is 18.2 Å². The second kappa shape index (κ2) is 6.05. The number of ether oxygens (including phenoxy) is 1. The zero-order chi connectivity index (χ0) is 13.0. The third-order valence-electron chi connectivity index (χ3n) is 3.55. The third kappa shape index (κ3) is 3.13. The van der Waals surface area contributed by atoms with E-state index in [0.717, 1.165) is 29.5 Å². The van der Waals surface area contributed by atoms with Crippen molar-refractivity contribution in [2.24, 2.45) is 11.7 Å². The van der Waals surface area contributed by atoms with Gasteiger partial charge in [-0.15, -0.1) is 0 Å². The van der Waals surface area contributed by atoms with Crippen molar-refractivity contribution in [2.45, 2.75) is 25.7 Å². The van der Waals surface area contributed by atoms with Gasteiger partial charge in [-0.1, -0.05) is 25.1 Å². The van der Waals surface area contributed by atoms with Gasteiger partial charge in [0.05, 0.1) is 7.11 Å². The summed E-state index contributed by atoms with van der Waals surface area (Å²) in [6.07, 6.45) is 5.35. The van der Waals surface area contributed by atoms with Gasteiger partial charge < -0.3 is 15.8 Å². The Morgan fingerprint density at radius 1 is 1.44 bits per heavy atom. The predicted octanol–water partition coefficient (Wildman–Crippen LogP) is 2.93. The Balaban J connectivity index is 2.10. The molecule has 1 aliphatic carbocycles. The maximum absolute atomic E-state index is 5.74. The predicted molar refractivity (Wildman–Crippen MR) is 79.3 cm³/mol. The van der Waals surface area contributed by atoms with Crippen LogP contribution in [0.5, 0.6) is 5.75 Å². The van der Waals surface area contributed by atoms with E-state index in [-0.39, 0.29) is 0 Å².